The highest BCUT2D eigenvalue weighted by atomic mass is 16.6. The summed E-state index contributed by atoms with van der Waals surface area (Å²) in [5.74, 6) is 1.18. The molecule has 282 valence electrons. The van der Waals surface area contributed by atoms with Crippen molar-refractivity contribution in [3.63, 3.8) is 0 Å². The minimum atomic E-state index is -1.11. The van der Waals surface area contributed by atoms with Gasteiger partial charge in [0.25, 0.3) is 0 Å². The van der Waals surface area contributed by atoms with Crippen molar-refractivity contribution in [2.24, 2.45) is 11.3 Å². The number of anilines is 1. The lowest BCUT2D eigenvalue weighted by molar-refractivity contribution is -0.383. The summed E-state index contributed by atoms with van der Waals surface area (Å²) in [4.78, 5) is 27.8. The van der Waals surface area contributed by atoms with Crippen LogP contribution in [0.4, 0.5) is 11.4 Å². The van der Waals surface area contributed by atoms with E-state index in [0.717, 1.165) is 42.9 Å². The topological polar surface area (TPSA) is 163 Å². The molecule has 4 aliphatic carbocycles. The second-order valence-electron chi connectivity index (χ2n) is 15.9. The number of hydrogen-bond donors (Lipinski definition) is 1. The monoisotopic (exact) mass is 737 g/mol. The zero-order chi connectivity index (χ0) is 37.8. The molecule has 0 radical (unpaired) electrons. The van der Waals surface area contributed by atoms with Gasteiger partial charge >= 0.3 is 11.7 Å². The van der Waals surface area contributed by atoms with Crippen LogP contribution in [-0.4, -0.2) is 96.0 Å². The third-order valence-electron chi connectivity index (χ3n) is 13.5. The predicted molar refractivity (Wildman–Crippen MR) is 196 cm³/mol. The molecule has 1 saturated carbocycles. The van der Waals surface area contributed by atoms with Crippen LogP contribution in [0.3, 0.4) is 0 Å². The number of hydrogen-bond acceptors (Lipinski definition) is 13. The fourth-order valence-electron chi connectivity index (χ4n) is 10.9. The highest BCUT2D eigenvalue weighted by molar-refractivity contribution is 5.95. The van der Waals surface area contributed by atoms with Crippen molar-refractivity contribution < 1.29 is 38.4 Å². The zero-order valence-corrected chi connectivity index (χ0v) is 30.9. The molecule has 2 aliphatic heterocycles. The largest absolute Gasteiger partial charge is 0.493 e. The Kier molecular flexibility index (Phi) is 7.70. The van der Waals surface area contributed by atoms with Gasteiger partial charge in [0.15, 0.2) is 17.0 Å². The number of nitrogens with zero attached hydrogens (tertiary/aromatic N) is 5. The summed E-state index contributed by atoms with van der Waals surface area (Å²) in [6.07, 6.45) is 8.02. The maximum atomic E-state index is 12.9. The number of likely N-dealkylation sites (tertiary alicyclic amines) is 1. The summed E-state index contributed by atoms with van der Waals surface area (Å²) in [7, 11) is 7.32. The molecular weight excluding hydrogens is 694 g/mol. The Morgan fingerprint density at radius 1 is 1.13 bits per heavy atom. The van der Waals surface area contributed by atoms with Crippen LogP contribution in [-0.2, 0) is 27.8 Å². The summed E-state index contributed by atoms with van der Waals surface area (Å²) in [6.45, 7) is 2.75. The molecule has 0 amide bonds. The molecule has 2 spiro atoms. The summed E-state index contributed by atoms with van der Waals surface area (Å²) < 4.78 is 29.9. The van der Waals surface area contributed by atoms with Gasteiger partial charge in [-0.2, -0.15) is 0 Å². The van der Waals surface area contributed by atoms with E-state index in [1.165, 1.54) is 23.3 Å². The van der Waals surface area contributed by atoms with Crippen molar-refractivity contribution in [2.45, 2.75) is 67.8 Å². The lowest BCUT2D eigenvalue weighted by Gasteiger charge is -2.72. The van der Waals surface area contributed by atoms with E-state index < -0.39 is 22.1 Å². The van der Waals surface area contributed by atoms with Crippen molar-refractivity contribution >= 4 is 28.4 Å². The number of nitro groups is 1. The number of aryl methyl sites for hydroxylation is 1. The highest BCUT2D eigenvalue weighted by Gasteiger charge is 2.80. The molecule has 1 unspecified atom stereocenters. The van der Waals surface area contributed by atoms with E-state index in [-0.39, 0.29) is 52.2 Å². The predicted octanol–water partition coefficient (Wildman–Crippen LogP) is 4.79. The molecular formula is C40H43N5O9. The van der Waals surface area contributed by atoms with E-state index in [1.54, 1.807) is 38.3 Å². The average Bonchev–Trinajstić information content (AvgIpc) is 3.80. The van der Waals surface area contributed by atoms with Gasteiger partial charge in [-0.15, -0.1) is 0 Å². The minimum absolute atomic E-state index is 0.00146. The summed E-state index contributed by atoms with van der Waals surface area (Å²) in [5, 5.41) is 31.3. The zero-order valence-electron chi connectivity index (χ0n) is 30.9. The molecule has 14 heteroatoms. The highest BCUT2D eigenvalue weighted by Crippen LogP contribution is 2.75. The van der Waals surface area contributed by atoms with Gasteiger partial charge in [-0.1, -0.05) is 30.4 Å². The van der Waals surface area contributed by atoms with Gasteiger partial charge in [0.05, 0.1) is 28.7 Å². The number of methoxy groups -OCH3 is 2. The van der Waals surface area contributed by atoms with Crippen LogP contribution >= 0.6 is 0 Å². The number of piperidine rings is 1. The second-order valence-corrected chi connectivity index (χ2v) is 15.9. The van der Waals surface area contributed by atoms with Crippen molar-refractivity contribution in [3.8, 4) is 17.2 Å². The van der Waals surface area contributed by atoms with Crippen LogP contribution in [0.5, 0.6) is 17.2 Å². The van der Waals surface area contributed by atoms with Crippen LogP contribution in [0.15, 0.2) is 65.3 Å². The molecule has 10 rings (SSSR count). The maximum Gasteiger partial charge on any atom is 0.330 e. The number of aromatic nitrogens is 2. The number of carbonyl (C=O) groups is 1. The number of esters is 1. The molecule has 1 N–H and O–H groups in total. The summed E-state index contributed by atoms with van der Waals surface area (Å²) in [6, 6.07) is 14.6. The number of benzene rings is 3. The van der Waals surface area contributed by atoms with Crippen LogP contribution in [0.1, 0.15) is 42.9 Å². The first-order chi connectivity index (χ1) is 25.9. The van der Waals surface area contributed by atoms with Crippen molar-refractivity contribution in [1.29, 1.82) is 0 Å². The number of carbonyl (C=O) groups excluding carboxylic acids is 1. The summed E-state index contributed by atoms with van der Waals surface area (Å²) >= 11 is 0. The van der Waals surface area contributed by atoms with Crippen LogP contribution in [0.25, 0.3) is 11.0 Å². The third-order valence-corrected chi connectivity index (χ3v) is 13.5. The standard InChI is InChI=1S/C40H43N5O9/c1-37(47,15-14-23-6-9-25(10-7-23)52-31(46)22-44(3)26-11-12-27(45(48)49)34-33(26)41-54-42-34)29-21-38-16-17-40(29,51-5)36-39(38)18-19-43(2)30(38)20-24-8-13-28(50-4)35(53-36)32(24)39/h6-13,16-17,29-30,36,47H,14-15,18-22H2,1-5H3/t29-,30-,36-,37-,38?,39+,40+/m1/s1. The normalized spacial score (nSPS) is 29.7. The lowest BCUT2D eigenvalue weighted by Crippen LogP contribution is -2.80. The number of non-ortho nitro benzene ring substituents is 1. The van der Waals surface area contributed by atoms with E-state index in [9.17, 15) is 20.0 Å². The Morgan fingerprint density at radius 3 is 2.65 bits per heavy atom. The number of ether oxygens (including phenoxy) is 4. The number of aliphatic hydroxyl groups is 1. The lowest BCUT2D eigenvalue weighted by atomic mass is 9.36. The average molecular weight is 738 g/mol. The van der Waals surface area contributed by atoms with Gasteiger partial charge in [0.1, 0.15) is 24.0 Å². The van der Waals surface area contributed by atoms with Gasteiger partial charge in [0.2, 0.25) is 5.52 Å². The second kappa shape index (κ2) is 12.0. The molecule has 14 nitrogen and oxygen atoms in total. The van der Waals surface area contributed by atoms with Crippen molar-refractivity contribution in [1.82, 2.24) is 15.2 Å². The van der Waals surface area contributed by atoms with Gasteiger partial charge in [-0.25, -0.2) is 9.42 Å². The number of fused-ring (bicyclic) bond motifs is 2. The maximum absolute atomic E-state index is 12.9. The Morgan fingerprint density at radius 2 is 1.91 bits per heavy atom. The number of likely N-dealkylation sites (N-methyl/N-ethyl adjacent to an activating group) is 2. The van der Waals surface area contributed by atoms with E-state index >= 15 is 0 Å². The molecule has 4 bridgehead atoms. The first-order valence-corrected chi connectivity index (χ1v) is 18.3. The molecule has 3 aromatic carbocycles. The summed E-state index contributed by atoms with van der Waals surface area (Å²) in [5.41, 5.74) is 1.51. The molecule has 1 saturated heterocycles. The van der Waals surface area contributed by atoms with Crippen molar-refractivity contribution in [2.75, 3.05) is 46.3 Å². The van der Waals surface area contributed by atoms with E-state index in [1.807, 2.05) is 25.1 Å². The van der Waals surface area contributed by atoms with Crippen molar-refractivity contribution in [3.05, 3.63) is 87.5 Å². The first-order valence-electron chi connectivity index (χ1n) is 18.3. The molecule has 3 heterocycles. The van der Waals surface area contributed by atoms with Crippen LogP contribution < -0.4 is 19.1 Å². The van der Waals surface area contributed by atoms with Gasteiger partial charge in [0, 0.05) is 43.2 Å². The Balaban J connectivity index is 0.913. The van der Waals surface area contributed by atoms with Gasteiger partial charge < -0.3 is 33.9 Å². The Bertz CT molecular complexity index is 2220. The molecule has 54 heavy (non-hydrogen) atoms. The molecule has 2 fully saturated rings. The van der Waals surface area contributed by atoms with Gasteiger partial charge in [-0.05, 0) is 98.3 Å². The SMILES string of the molecule is COc1ccc2c3c1O[C@H]1[C@]4(OC)C=CC5(C[C@@H]4[C@](C)(O)CCc4ccc(OC(=O)CN(C)c6ccc([N+](=O)[O-])c7nonc67)cc4)[C@@H](C2)N(C)CC[C@]315. The van der Waals surface area contributed by atoms with E-state index in [2.05, 4.69) is 40.5 Å². The smallest absolute Gasteiger partial charge is 0.330 e. The molecule has 1 aromatic heterocycles. The van der Waals surface area contributed by atoms with Crippen LogP contribution in [0, 0.1) is 21.4 Å². The fourth-order valence-corrected chi connectivity index (χ4v) is 10.9. The number of rotatable bonds is 11. The number of nitro benzene ring substituents is 1. The van der Waals surface area contributed by atoms with E-state index in [4.69, 9.17) is 23.6 Å². The first kappa shape index (κ1) is 34.7. The molecule has 4 aromatic rings. The van der Waals surface area contributed by atoms with Crippen LogP contribution in [0.2, 0.25) is 0 Å². The molecule has 6 aliphatic rings. The third kappa shape index (κ3) is 4.59. The Labute approximate surface area is 311 Å². The quantitative estimate of drug-likeness (QED) is 0.0736. The fraction of sp³-hybridized carbons (Fsp3) is 0.475. The molecule has 7 atom stereocenters. The van der Waals surface area contributed by atoms with Gasteiger partial charge in [-0.3, -0.25) is 10.1 Å². The Hall–Kier alpha value is -5.05. The minimum Gasteiger partial charge on any atom is -0.493 e. The van der Waals surface area contributed by atoms with E-state index in [0.29, 0.717) is 24.3 Å².